The number of benzene rings is 1. The molecule has 1 aromatic carbocycles. The second-order valence-electron chi connectivity index (χ2n) is 4.77. The molecule has 2 rings (SSSR count). The van der Waals surface area contributed by atoms with Crippen LogP contribution in [0.1, 0.15) is 18.5 Å². The molecule has 0 aliphatic carbocycles. The van der Waals surface area contributed by atoms with Gasteiger partial charge in [0.05, 0.1) is 6.04 Å². The average Bonchev–Trinajstić information content (AvgIpc) is 2.42. The number of hydrogen-bond acceptors (Lipinski definition) is 3. The highest BCUT2D eigenvalue weighted by Crippen LogP contribution is 2.23. The number of nitrogens with zero attached hydrogens (tertiary/aromatic N) is 1. The van der Waals surface area contributed by atoms with Gasteiger partial charge < -0.3 is 10.6 Å². The Morgan fingerprint density at radius 1 is 1.37 bits per heavy atom. The molecular formula is C15H21N3O. The first-order valence-corrected chi connectivity index (χ1v) is 6.65. The van der Waals surface area contributed by atoms with E-state index >= 15 is 0 Å². The molecule has 2 N–H and O–H groups in total. The molecule has 19 heavy (non-hydrogen) atoms. The summed E-state index contributed by atoms with van der Waals surface area (Å²) in [6, 6.07) is 8.23. The van der Waals surface area contributed by atoms with Crippen molar-refractivity contribution in [2.45, 2.75) is 13.0 Å². The molecule has 0 radical (unpaired) electrons. The fourth-order valence-electron chi connectivity index (χ4n) is 2.42. The Hall–Kier alpha value is -1.65. The summed E-state index contributed by atoms with van der Waals surface area (Å²) in [6.45, 7) is 9.57. The third-order valence-corrected chi connectivity index (χ3v) is 3.34. The molecule has 1 aliphatic heterocycles. The van der Waals surface area contributed by atoms with Gasteiger partial charge in [-0.25, -0.2) is 0 Å². The fourth-order valence-corrected chi connectivity index (χ4v) is 2.42. The largest absolute Gasteiger partial charge is 0.326 e. The Kier molecular flexibility index (Phi) is 4.71. The lowest BCUT2D eigenvalue weighted by molar-refractivity contribution is -0.114. The minimum absolute atomic E-state index is 0.0462. The quantitative estimate of drug-likeness (QED) is 0.810. The maximum atomic E-state index is 11.0. The van der Waals surface area contributed by atoms with Gasteiger partial charge in [0.1, 0.15) is 0 Å². The normalized spacial score (nSPS) is 17.7. The molecular weight excluding hydrogens is 238 g/mol. The van der Waals surface area contributed by atoms with Crippen LogP contribution < -0.4 is 10.6 Å². The Morgan fingerprint density at radius 3 is 2.53 bits per heavy atom. The highest BCUT2D eigenvalue weighted by molar-refractivity contribution is 5.88. The fraction of sp³-hybridized carbons (Fsp3) is 0.400. The van der Waals surface area contributed by atoms with Crippen LogP contribution in [0.2, 0.25) is 0 Å². The lowest BCUT2D eigenvalue weighted by Crippen LogP contribution is -2.44. The minimum atomic E-state index is -0.0462. The van der Waals surface area contributed by atoms with Crippen molar-refractivity contribution < 1.29 is 4.79 Å². The molecule has 0 saturated carbocycles. The summed E-state index contributed by atoms with van der Waals surface area (Å²) < 4.78 is 0. The molecule has 4 heteroatoms. The number of piperazine rings is 1. The number of anilines is 1. The first-order chi connectivity index (χ1) is 9.20. The Balaban J connectivity index is 2.09. The summed E-state index contributed by atoms with van der Waals surface area (Å²) >= 11 is 0. The summed E-state index contributed by atoms with van der Waals surface area (Å²) in [6.07, 6.45) is 1.98. The van der Waals surface area contributed by atoms with Crippen molar-refractivity contribution in [3.05, 3.63) is 42.5 Å². The van der Waals surface area contributed by atoms with Crippen molar-refractivity contribution in [3.8, 4) is 0 Å². The molecule has 1 aliphatic rings. The van der Waals surface area contributed by atoms with E-state index in [0.717, 1.165) is 31.9 Å². The number of hydrogen-bond donors (Lipinski definition) is 2. The van der Waals surface area contributed by atoms with E-state index in [0.29, 0.717) is 0 Å². The maximum Gasteiger partial charge on any atom is 0.221 e. The Bertz CT molecular complexity index is 435. The smallest absolute Gasteiger partial charge is 0.221 e. The molecule has 4 nitrogen and oxygen atoms in total. The van der Waals surface area contributed by atoms with Gasteiger partial charge in [-0.1, -0.05) is 18.2 Å². The highest BCUT2D eigenvalue weighted by Gasteiger charge is 2.19. The van der Waals surface area contributed by atoms with E-state index in [1.807, 2.05) is 18.2 Å². The standard InChI is InChI=1S/C15H21N3O/c1-3-15(18-10-8-16-9-11-18)13-4-6-14(7-5-13)17-12(2)19/h3-7,15-16H,1,8-11H2,2H3,(H,17,19)/t15-/m0/s1. The number of amides is 1. The molecule has 1 fully saturated rings. The molecule has 1 amide bonds. The first-order valence-electron chi connectivity index (χ1n) is 6.65. The van der Waals surface area contributed by atoms with E-state index in [4.69, 9.17) is 0 Å². The van der Waals surface area contributed by atoms with Crippen molar-refractivity contribution >= 4 is 11.6 Å². The molecule has 0 aromatic heterocycles. The van der Waals surface area contributed by atoms with Crippen LogP contribution in [0.25, 0.3) is 0 Å². The second kappa shape index (κ2) is 6.50. The molecule has 1 atom stereocenters. The predicted molar refractivity (Wildman–Crippen MR) is 78.1 cm³/mol. The van der Waals surface area contributed by atoms with Gasteiger partial charge >= 0.3 is 0 Å². The number of carbonyl (C=O) groups is 1. The topological polar surface area (TPSA) is 44.4 Å². The van der Waals surface area contributed by atoms with Crippen LogP contribution in [0.5, 0.6) is 0 Å². The van der Waals surface area contributed by atoms with Gasteiger partial charge in [-0.3, -0.25) is 9.69 Å². The van der Waals surface area contributed by atoms with Crippen LogP contribution in [0.15, 0.2) is 36.9 Å². The maximum absolute atomic E-state index is 11.0. The van der Waals surface area contributed by atoms with Crippen molar-refractivity contribution in [2.75, 3.05) is 31.5 Å². The Labute approximate surface area is 114 Å². The first kappa shape index (κ1) is 13.8. The van der Waals surface area contributed by atoms with E-state index in [1.165, 1.54) is 12.5 Å². The van der Waals surface area contributed by atoms with Gasteiger partial charge in [-0.05, 0) is 17.7 Å². The summed E-state index contributed by atoms with van der Waals surface area (Å²) in [5.74, 6) is -0.0462. The molecule has 1 aromatic rings. The van der Waals surface area contributed by atoms with E-state index < -0.39 is 0 Å². The van der Waals surface area contributed by atoms with E-state index in [1.54, 1.807) is 0 Å². The Morgan fingerprint density at radius 2 is 2.00 bits per heavy atom. The third kappa shape index (κ3) is 3.66. The monoisotopic (exact) mass is 259 g/mol. The predicted octanol–water partition coefficient (Wildman–Crippen LogP) is 1.78. The van der Waals surface area contributed by atoms with Crippen molar-refractivity contribution in [1.82, 2.24) is 10.2 Å². The number of carbonyl (C=O) groups excluding carboxylic acids is 1. The zero-order chi connectivity index (χ0) is 13.7. The SMILES string of the molecule is C=C[C@@H](c1ccc(NC(C)=O)cc1)N1CCNCC1. The zero-order valence-corrected chi connectivity index (χ0v) is 11.4. The van der Waals surface area contributed by atoms with Crippen molar-refractivity contribution in [2.24, 2.45) is 0 Å². The lowest BCUT2D eigenvalue weighted by Gasteiger charge is -2.33. The van der Waals surface area contributed by atoms with Gasteiger partial charge in [0.25, 0.3) is 0 Å². The van der Waals surface area contributed by atoms with Crippen LogP contribution in [0, 0.1) is 0 Å². The van der Waals surface area contributed by atoms with Crippen LogP contribution in [0.3, 0.4) is 0 Å². The van der Waals surface area contributed by atoms with Crippen molar-refractivity contribution in [3.63, 3.8) is 0 Å². The van der Waals surface area contributed by atoms with E-state index in [9.17, 15) is 4.79 Å². The van der Waals surface area contributed by atoms with Crippen LogP contribution in [-0.2, 0) is 4.79 Å². The van der Waals surface area contributed by atoms with E-state index in [2.05, 4.69) is 34.2 Å². The van der Waals surface area contributed by atoms with Crippen LogP contribution in [-0.4, -0.2) is 37.0 Å². The summed E-state index contributed by atoms with van der Waals surface area (Å²) in [7, 11) is 0. The van der Waals surface area contributed by atoms with Gasteiger partial charge in [-0.2, -0.15) is 0 Å². The summed E-state index contributed by atoms with van der Waals surface area (Å²) in [4.78, 5) is 13.4. The second-order valence-corrected chi connectivity index (χ2v) is 4.77. The van der Waals surface area contributed by atoms with Crippen molar-refractivity contribution in [1.29, 1.82) is 0 Å². The van der Waals surface area contributed by atoms with Gasteiger partial charge in [-0.15, -0.1) is 6.58 Å². The molecule has 0 unspecified atom stereocenters. The van der Waals surface area contributed by atoms with Crippen LogP contribution >= 0.6 is 0 Å². The highest BCUT2D eigenvalue weighted by atomic mass is 16.1. The molecule has 0 bridgehead atoms. The molecule has 1 heterocycles. The summed E-state index contributed by atoms with van der Waals surface area (Å²) in [5.41, 5.74) is 2.05. The molecule has 1 saturated heterocycles. The van der Waals surface area contributed by atoms with Gasteiger partial charge in [0.2, 0.25) is 5.91 Å². The summed E-state index contributed by atoms with van der Waals surface area (Å²) in [5, 5.41) is 6.13. The zero-order valence-electron chi connectivity index (χ0n) is 11.4. The third-order valence-electron chi connectivity index (χ3n) is 3.34. The number of nitrogens with one attached hydrogen (secondary N) is 2. The number of rotatable bonds is 4. The average molecular weight is 259 g/mol. The lowest BCUT2D eigenvalue weighted by atomic mass is 10.0. The van der Waals surface area contributed by atoms with Gasteiger partial charge in [0, 0.05) is 38.8 Å². The molecule has 0 spiro atoms. The van der Waals surface area contributed by atoms with E-state index in [-0.39, 0.29) is 11.9 Å². The molecule has 102 valence electrons. The van der Waals surface area contributed by atoms with Crippen LogP contribution in [0.4, 0.5) is 5.69 Å². The van der Waals surface area contributed by atoms with Gasteiger partial charge in [0.15, 0.2) is 0 Å². The minimum Gasteiger partial charge on any atom is -0.326 e.